The molecule has 3 heterocycles. The summed E-state index contributed by atoms with van der Waals surface area (Å²) in [4.78, 5) is 18.2. The molecule has 0 unspecified atom stereocenters. The number of aromatic nitrogens is 3. The molecule has 4 rings (SSSR count). The van der Waals surface area contributed by atoms with Crippen LogP contribution < -0.4 is 5.56 Å². The van der Waals surface area contributed by atoms with E-state index in [-0.39, 0.29) is 11.5 Å². The van der Waals surface area contributed by atoms with E-state index in [1.807, 2.05) is 17.0 Å². The number of hydrogen-bond acceptors (Lipinski definition) is 4. The van der Waals surface area contributed by atoms with Gasteiger partial charge in [0.2, 0.25) is 0 Å². The van der Waals surface area contributed by atoms with Crippen LogP contribution >= 0.6 is 0 Å². The molecule has 0 N–H and O–H groups in total. The number of benzene rings is 1. The summed E-state index contributed by atoms with van der Waals surface area (Å²) in [5, 5.41) is 4.44. The van der Waals surface area contributed by atoms with E-state index in [0.29, 0.717) is 37.4 Å². The van der Waals surface area contributed by atoms with E-state index in [0.717, 1.165) is 17.7 Å². The second-order valence-electron chi connectivity index (χ2n) is 6.78. The highest BCUT2D eigenvalue weighted by molar-refractivity contribution is 5.56. The van der Waals surface area contributed by atoms with Crippen molar-refractivity contribution in [3.8, 4) is 11.3 Å². The molecule has 0 amide bonds. The minimum Gasteiger partial charge on any atom is -0.298 e. The maximum absolute atomic E-state index is 13.7. The van der Waals surface area contributed by atoms with Gasteiger partial charge in [-0.15, -0.1) is 0 Å². The first-order valence-corrected chi connectivity index (χ1v) is 8.73. The molecule has 0 radical (unpaired) electrons. The average Bonchev–Trinajstić information content (AvgIpc) is 2.65. The molecule has 1 saturated heterocycles. The molecule has 0 atom stereocenters. The Hall–Kier alpha value is -2.93. The largest absolute Gasteiger partial charge is 0.298 e. The van der Waals surface area contributed by atoms with Crippen molar-refractivity contribution in [2.45, 2.75) is 13.1 Å². The summed E-state index contributed by atoms with van der Waals surface area (Å²) < 4.78 is 28.5. The van der Waals surface area contributed by atoms with E-state index in [1.165, 1.54) is 16.8 Å². The summed E-state index contributed by atoms with van der Waals surface area (Å²) in [5.74, 6) is -0.593. The predicted molar refractivity (Wildman–Crippen MR) is 96.9 cm³/mol. The summed E-state index contributed by atoms with van der Waals surface area (Å²) in [7, 11) is 0. The SMILES string of the molecule is O=c1ccc(-c2cccnc2)nn1CC1CN(Cc2cc(F)ccc2F)C1. The van der Waals surface area contributed by atoms with Crippen LogP contribution in [0.2, 0.25) is 0 Å². The summed E-state index contributed by atoms with van der Waals surface area (Å²) in [6, 6.07) is 10.4. The van der Waals surface area contributed by atoms with Gasteiger partial charge in [0.25, 0.3) is 5.56 Å². The highest BCUT2D eigenvalue weighted by atomic mass is 19.1. The van der Waals surface area contributed by atoms with Gasteiger partial charge in [0, 0.05) is 55.1 Å². The summed E-state index contributed by atoms with van der Waals surface area (Å²) in [6.45, 7) is 2.27. The normalized spacial score (nSPS) is 14.9. The van der Waals surface area contributed by atoms with Crippen LogP contribution in [0.25, 0.3) is 11.3 Å². The van der Waals surface area contributed by atoms with Gasteiger partial charge in [-0.05, 0) is 36.4 Å². The van der Waals surface area contributed by atoms with E-state index >= 15 is 0 Å². The number of hydrogen-bond donors (Lipinski definition) is 0. The second kappa shape index (κ2) is 7.36. The van der Waals surface area contributed by atoms with Crippen LogP contribution in [0.4, 0.5) is 8.78 Å². The lowest BCUT2D eigenvalue weighted by molar-refractivity contribution is 0.0755. The van der Waals surface area contributed by atoms with Crippen LogP contribution in [-0.4, -0.2) is 32.8 Å². The number of halogens is 2. The minimum atomic E-state index is -0.438. The van der Waals surface area contributed by atoms with Crippen molar-refractivity contribution in [1.82, 2.24) is 19.7 Å². The third-order valence-corrected chi connectivity index (χ3v) is 4.69. The van der Waals surface area contributed by atoms with Crippen molar-refractivity contribution in [2.24, 2.45) is 5.92 Å². The van der Waals surface area contributed by atoms with E-state index in [4.69, 9.17) is 0 Å². The lowest BCUT2D eigenvalue weighted by Gasteiger charge is -2.39. The Morgan fingerprint density at radius 1 is 1.11 bits per heavy atom. The maximum atomic E-state index is 13.7. The smallest absolute Gasteiger partial charge is 0.266 e. The fourth-order valence-corrected chi connectivity index (χ4v) is 3.32. The van der Waals surface area contributed by atoms with Crippen molar-refractivity contribution in [2.75, 3.05) is 13.1 Å². The summed E-state index contributed by atoms with van der Waals surface area (Å²) >= 11 is 0. The monoisotopic (exact) mass is 368 g/mol. The summed E-state index contributed by atoms with van der Waals surface area (Å²) in [6.07, 6.45) is 3.39. The predicted octanol–water partition coefficient (Wildman–Crippen LogP) is 2.72. The fourth-order valence-electron chi connectivity index (χ4n) is 3.32. The Kier molecular flexibility index (Phi) is 4.77. The minimum absolute atomic E-state index is 0.155. The highest BCUT2D eigenvalue weighted by Gasteiger charge is 2.28. The second-order valence-corrected chi connectivity index (χ2v) is 6.78. The van der Waals surface area contributed by atoms with Crippen LogP contribution in [0.15, 0.2) is 59.7 Å². The Morgan fingerprint density at radius 2 is 1.96 bits per heavy atom. The van der Waals surface area contributed by atoms with Gasteiger partial charge in [-0.3, -0.25) is 14.7 Å². The molecule has 0 saturated carbocycles. The van der Waals surface area contributed by atoms with Gasteiger partial charge >= 0.3 is 0 Å². The van der Waals surface area contributed by atoms with Crippen LogP contribution in [0.5, 0.6) is 0 Å². The van der Waals surface area contributed by atoms with Crippen molar-refractivity contribution >= 4 is 0 Å². The van der Waals surface area contributed by atoms with Gasteiger partial charge in [0.1, 0.15) is 11.6 Å². The molecule has 0 bridgehead atoms. The first kappa shape index (κ1) is 17.5. The van der Waals surface area contributed by atoms with Gasteiger partial charge in [-0.2, -0.15) is 5.10 Å². The molecule has 7 heteroatoms. The average molecular weight is 368 g/mol. The van der Waals surface area contributed by atoms with E-state index < -0.39 is 11.6 Å². The van der Waals surface area contributed by atoms with E-state index in [1.54, 1.807) is 18.5 Å². The summed E-state index contributed by atoms with van der Waals surface area (Å²) in [5.41, 5.74) is 1.74. The van der Waals surface area contributed by atoms with Crippen molar-refractivity contribution < 1.29 is 8.78 Å². The molecule has 27 heavy (non-hydrogen) atoms. The zero-order valence-electron chi connectivity index (χ0n) is 14.6. The van der Waals surface area contributed by atoms with Crippen molar-refractivity contribution in [1.29, 1.82) is 0 Å². The first-order valence-electron chi connectivity index (χ1n) is 8.73. The van der Waals surface area contributed by atoms with Crippen LogP contribution in [0.3, 0.4) is 0 Å². The van der Waals surface area contributed by atoms with Crippen LogP contribution in [0, 0.1) is 17.6 Å². The van der Waals surface area contributed by atoms with Gasteiger partial charge in [-0.25, -0.2) is 13.5 Å². The van der Waals surface area contributed by atoms with Crippen LogP contribution in [-0.2, 0) is 13.1 Å². The zero-order chi connectivity index (χ0) is 18.8. The van der Waals surface area contributed by atoms with Gasteiger partial charge in [0.05, 0.1) is 12.2 Å². The van der Waals surface area contributed by atoms with Crippen molar-refractivity contribution in [3.63, 3.8) is 0 Å². The number of rotatable bonds is 5. The molecular formula is C20H18F2N4O. The third kappa shape index (κ3) is 3.93. The first-order chi connectivity index (χ1) is 13.1. The third-order valence-electron chi connectivity index (χ3n) is 4.69. The Labute approximate surface area is 154 Å². The number of likely N-dealkylation sites (tertiary alicyclic amines) is 1. The molecule has 3 aromatic rings. The molecule has 1 aromatic carbocycles. The van der Waals surface area contributed by atoms with Crippen molar-refractivity contribution in [3.05, 3.63) is 82.4 Å². The van der Waals surface area contributed by atoms with Crippen LogP contribution in [0.1, 0.15) is 5.56 Å². The Morgan fingerprint density at radius 3 is 2.74 bits per heavy atom. The lowest BCUT2D eigenvalue weighted by Crippen LogP contribution is -2.49. The molecule has 0 aliphatic carbocycles. The number of nitrogens with zero attached hydrogens (tertiary/aromatic N) is 4. The van der Waals surface area contributed by atoms with E-state index in [2.05, 4.69) is 10.1 Å². The molecule has 0 spiro atoms. The highest BCUT2D eigenvalue weighted by Crippen LogP contribution is 2.22. The molecule has 1 fully saturated rings. The zero-order valence-corrected chi connectivity index (χ0v) is 14.6. The molecule has 5 nitrogen and oxygen atoms in total. The van der Waals surface area contributed by atoms with Gasteiger partial charge in [-0.1, -0.05) is 0 Å². The van der Waals surface area contributed by atoms with Gasteiger partial charge in [0.15, 0.2) is 0 Å². The quantitative estimate of drug-likeness (QED) is 0.695. The molecular weight excluding hydrogens is 350 g/mol. The maximum Gasteiger partial charge on any atom is 0.266 e. The molecule has 2 aromatic heterocycles. The topological polar surface area (TPSA) is 51.0 Å². The molecule has 1 aliphatic rings. The standard InChI is InChI=1S/C20H18F2N4O/c21-17-3-4-18(22)16(8-17)13-25-10-14(11-25)12-26-20(27)6-5-19(24-26)15-2-1-7-23-9-15/h1-9,14H,10-13H2. The molecule has 1 aliphatic heterocycles. The Balaban J connectivity index is 1.40. The lowest BCUT2D eigenvalue weighted by atomic mass is 9.99. The fraction of sp³-hybridized carbons (Fsp3) is 0.250. The van der Waals surface area contributed by atoms with E-state index in [9.17, 15) is 13.6 Å². The Bertz CT molecular complexity index is 1000. The molecule has 138 valence electrons. The number of pyridine rings is 1. The van der Waals surface area contributed by atoms with Gasteiger partial charge < -0.3 is 0 Å².